The molecule has 0 saturated carbocycles. The van der Waals surface area contributed by atoms with E-state index < -0.39 is 10.4 Å². The van der Waals surface area contributed by atoms with E-state index in [2.05, 4.69) is 13.8 Å². The minimum Gasteiger partial charge on any atom is -0.759 e. The zero-order valence-corrected chi connectivity index (χ0v) is 18.7. The molecule has 7 heteroatoms. The molecule has 0 aliphatic carbocycles. The number of hydrogen-bond donors (Lipinski definition) is 0. The number of rotatable bonds is 0. The third-order valence-electron chi connectivity index (χ3n) is 0. The van der Waals surface area contributed by atoms with E-state index in [-0.39, 0.29) is 55.3 Å². The second-order valence-electron chi connectivity index (χ2n) is 0.408. The smallest absolute Gasteiger partial charge is 0.759 e. The first kappa shape index (κ1) is 29.3. The summed E-state index contributed by atoms with van der Waals surface area (Å²) in [6.45, 7) is 10.0. The van der Waals surface area contributed by atoms with Crippen molar-refractivity contribution in [3.63, 3.8) is 0 Å². The molecule has 4 nitrogen and oxygen atoms in total. The van der Waals surface area contributed by atoms with E-state index in [1.165, 1.54) is 0 Å². The Kier molecular flexibility index (Phi) is 60.2. The fourth-order valence-electron chi connectivity index (χ4n) is 0. The van der Waals surface area contributed by atoms with Gasteiger partial charge in [0.15, 0.2) is 0 Å². The Morgan fingerprint density at radius 2 is 0.909 bits per heavy atom. The third-order valence-corrected chi connectivity index (χ3v) is 0. The number of hydrogen-bond acceptors (Lipinski definition) is 4. The van der Waals surface area contributed by atoms with Crippen LogP contribution in [0.3, 0.4) is 0 Å². The molecule has 0 atom stereocenters. The summed E-state index contributed by atoms with van der Waals surface area (Å²) >= 11 is 0. The molecule has 0 spiro atoms. The van der Waals surface area contributed by atoms with Crippen molar-refractivity contribution >= 4 is 10.4 Å². The van der Waals surface area contributed by atoms with Crippen LogP contribution in [0.1, 0.15) is 13.8 Å². The SMILES string of the molecule is O=S(=O)([O-])[O-].[CH2]C.[CH2]C.[Hg+].[Hg+]. The molecular weight excluding hydrogens is 545 g/mol. The predicted octanol–water partition coefficient (Wildman–Crippen LogP) is 0.338. The van der Waals surface area contributed by atoms with E-state index in [9.17, 15) is 0 Å². The van der Waals surface area contributed by atoms with E-state index in [1.54, 1.807) is 13.8 Å². The van der Waals surface area contributed by atoms with Crippen LogP contribution in [0.4, 0.5) is 0 Å². The Balaban J connectivity index is -0.0000000178. The average molecular weight is 555 g/mol. The van der Waals surface area contributed by atoms with Crippen LogP contribution in [0.2, 0.25) is 0 Å². The van der Waals surface area contributed by atoms with Crippen molar-refractivity contribution in [2.24, 2.45) is 0 Å². The van der Waals surface area contributed by atoms with Crippen molar-refractivity contribution in [2.75, 3.05) is 0 Å². The van der Waals surface area contributed by atoms with Gasteiger partial charge >= 0.3 is 55.3 Å². The molecule has 0 aromatic heterocycles. The third kappa shape index (κ3) is 368. The Bertz CT molecular complexity index is 103. The summed E-state index contributed by atoms with van der Waals surface area (Å²) in [5.74, 6) is 0. The van der Waals surface area contributed by atoms with E-state index in [4.69, 9.17) is 17.5 Å². The van der Waals surface area contributed by atoms with Crippen molar-refractivity contribution in [2.45, 2.75) is 13.8 Å². The molecule has 0 fully saturated rings. The molecule has 0 aliphatic rings. The van der Waals surface area contributed by atoms with Crippen LogP contribution in [0.5, 0.6) is 0 Å². The average Bonchev–Trinajstić information content (AvgIpc) is 1.72. The second kappa shape index (κ2) is 22.6. The maximum atomic E-state index is 8.52. The monoisotopic (exact) mass is 558 g/mol. The molecule has 0 rings (SSSR count). The zero-order chi connectivity index (χ0) is 8.50. The first-order valence-electron chi connectivity index (χ1n) is 2.08. The predicted molar refractivity (Wildman–Crippen MR) is 32.5 cm³/mol. The van der Waals surface area contributed by atoms with Crippen molar-refractivity contribution in [1.29, 1.82) is 0 Å². The van der Waals surface area contributed by atoms with Gasteiger partial charge in [0.25, 0.3) is 0 Å². The Hall–Kier alpha value is 1.74. The minimum absolute atomic E-state index is 0. The van der Waals surface area contributed by atoms with Gasteiger partial charge in [-0.05, 0) is 0 Å². The van der Waals surface area contributed by atoms with Gasteiger partial charge in [-0.3, -0.25) is 8.42 Å². The summed E-state index contributed by atoms with van der Waals surface area (Å²) in [6, 6.07) is 0. The molecule has 11 heavy (non-hydrogen) atoms. The van der Waals surface area contributed by atoms with Crippen LogP contribution in [0.15, 0.2) is 0 Å². The summed E-state index contributed by atoms with van der Waals surface area (Å²) in [5, 5.41) is 0. The van der Waals surface area contributed by atoms with Gasteiger partial charge in [0.2, 0.25) is 0 Å². The molecule has 0 saturated heterocycles. The summed E-state index contributed by atoms with van der Waals surface area (Å²) in [5.41, 5.74) is 0. The van der Waals surface area contributed by atoms with Gasteiger partial charge in [-0.1, -0.05) is 27.7 Å². The molecule has 0 amide bonds. The van der Waals surface area contributed by atoms with Gasteiger partial charge in [0.05, 0.1) is 0 Å². The summed E-state index contributed by atoms with van der Waals surface area (Å²) in [4.78, 5) is 0. The van der Waals surface area contributed by atoms with Crippen LogP contribution < -0.4 is 0 Å². The Labute approximate surface area is 110 Å². The normalized spacial score (nSPS) is 6.36. The topological polar surface area (TPSA) is 80.3 Å². The van der Waals surface area contributed by atoms with E-state index in [0.717, 1.165) is 0 Å². The van der Waals surface area contributed by atoms with Crippen LogP contribution in [-0.2, 0) is 65.7 Å². The van der Waals surface area contributed by atoms with Gasteiger partial charge in [0.1, 0.15) is 0 Å². The van der Waals surface area contributed by atoms with Gasteiger partial charge in [-0.25, -0.2) is 0 Å². The van der Waals surface area contributed by atoms with Crippen molar-refractivity contribution in [3.05, 3.63) is 13.8 Å². The molecule has 0 aromatic rings. The van der Waals surface area contributed by atoms with Gasteiger partial charge < -0.3 is 9.11 Å². The van der Waals surface area contributed by atoms with Crippen LogP contribution in [0, 0.1) is 13.8 Å². The molecule has 0 N–H and O–H groups in total. The van der Waals surface area contributed by atoms with Crippen LogP contribution in [0.25, 0.3) is 0 Å². The fraction of sp³-hybridized carbons (Fsp3) is 0.500. The maximum Gasteiger partial charge on any atom is 1.00 e. The quantitative estimate of drug-likeness (QED) is 0.246. The summed E-state index contributed by atoms with van der Waals surface area (Å²) < 4.78 is 34.1. The van der Waals surface area contributed by atoms with E-state index >= 15 is 0 Å². The van der Waals surface area contributed by atoms with Gasteiger partial charge in [-0.15, -0.1) is 0 Å². The maximum absolute atomic E-state index is 8.52. The molecule has 60 valence electrons. The van der Waals surface area contributed by atoms with Gasteiger partial charge in [-0.2, -0.15) is 0 Å². The molecule has 4 radical (unpaired) electrons. The van der Waals surface area contributed by atoms with Gasteiger partial charge in [0, 0.05) is 10.4 Å². The molecule has 0 heterocycles. The molecule has 0 aliphatic heterocycles. The van der Waals surface area contributed by atoms with Crippen molar-refractivity contribution < 1.29 is 72.9 Å². The largest absolute Gasteiger partial charge is 1.00 e. The molecule has 0 bridgehead atoms. The van der Waals surface area contributed by atoms with Crippen LogP contribution in [-0.4, -0.2) is 17.5 Å². The summed E-state index contributed by atoms with van der Waals surface area (Å²) in [7, 11) is -5.17. The zero-order valence-electron chi connectivity index (χ0n) is 6.87. The van der Waals surface area contributed by atoms with E-state index in [0.29, 0.717) is 0 Å². The van der Waals surface area contributed by atoms with Crippen molar-refractivity contribution in [3.8, 4) is 0 Å². The fourth-order valence-corrected chi connectivity index (χ4v) is 0. The summed E-state index contributed by atoms with van der Waals surface area (Å²) in [6.07, 6.45) is 0. The first-order chi connectivity index (χ1) is 4.00. The standard InChI is InChI=1S/2C2H5.2Hg.H2O4S/c2*1-2;;;1-5(2,3)4/h2*1H2,2H3;;;(H2,1,2,3,4)/q;;2*+1;/p-2. The second-order valence-corrected chi connectivity index (χ2v) is 1.22. The molecule has 0 unspecified atom stereocenters. The molecular formula is C4H10Hg2O4S. The minimum atomic E-state index is -5.17. The first-order valence-corrected chi connectivity index (χ1v) is 3.41. The van der Waals surface area contributed by atoms with Crippen LogP contribution >= 0.6 is 0 Å². The molecule has 0 aromatic carbocycles. The van der Waals surface area contributed by atoms with E-state index in [1.807, 2.05) is 0 Å². The Morgan fingerprint density at radius 3 is 0.909 bits per heavy atom. The van der Waals surface area contributed by atoms with Crippen molar-refractivity contribution in [1.82, 2.24) is 0 Å². The Morgan fingerprint density at radius 1 is 0.909 bits per heavy atom.